The van der Waals surface area contributed by atoms with Gasteiger partial charge < -0.3 is 5.32 Å². The van der Waals surface area contributed by atoms with Gasteiger partial charge in [-0.05, 0) is 29.8 Å². The zero-order valence-electron chi connectivity index (χ0n) is 12.5. The van der Waals surface area contributed by atoms with E-state index in [0.29, 0.717) is 6.54 Å². The van der Waals surface area contributed by atoms with Crippen molar-refractivity contribution in [3.8, 4) is 0 Å². The Bertz CT molecular complexity index is 782. The molecule has 3 rings (SSSR count). The van der Waals surface area contributed by atoms with Gasteiger partial charge >= 0.3 is 0 Å². The fourth-order valence-corrected chi connectivity index (χ4v) is 2.31. The molecule has 0 spiro atoms. The van der Waals surface area contributed by atoms with Gasteiger partial charge in [-0.2, -0.15) is 0 Å². The van der Waals surface area contributed by atoms with Crippen LogP contribution in [0.15, 0.2) is 73.3 Å². The van der Waals surface area contributed by atoms with Crippen molar-refractivity contribution in [1.29, 1.82) is 0 Å². The second-order valence-corrected chi connectivity index (χ2v) is 5.30. The van der Waals surface area contributed by atoms with Crippen LogP contribution in [0.1, 0.15) is 5.56 Å². The molecule has 0 saturated carbocycles. The molecule has 116 valence electrons. The summed E-state index contributed by atoms with van der Waals surface area (Å²) >= 11 is 0. The molecule has 0 unspecified atom stereocenters. The van der Waals surface area contributed by atoms with Crippen molar-refractivity contribution in [3.63, 3.8) is 0 Å². The van der Waals surface area contributed by atoms with E-state index in [1.807, 2.05) is 58.2 Å². The molecule has 23 heavy (non-hydrogen) atoms. The van der Waals surface area contributed by atoms with Gasteiger partial charge in [-0.1, -0.05) is 30.3 Å². The summed E-state index contributed by atoms with van der Waals surface area (Å²) in [7, 11) is 0. The number of halogens is 1. The molecule has 0 atom stereocenters. The lowest BCUT2D eigenvalue weighted by molar-refractivity contribution is -0.687. The van der Waals surface area contributed by atoms with Gasteiger partial charge in [-0.15, -0.1) is 0 Å². The van der Waals surface area contributed by atoms with Crippen molar-refractivity contribution < 1.29 is 13.8 Å². The fourth-order valence-electron chi connectivity index (χ4n) is 2.31. The fraction of sp³-hybridized carbons (Fsp3) is 0.111. The summed E-state index contributed by atoms with van der Waals surface area (Å²) in [5.41, 5.74) is 1.78. The number of carbonyl (C=O) groups excluding carboxylic acids is 1. The SMILES string of the molecule is O=C(Cn1cc[n+](Cc2ccc(F)cc2)c1)Nc1ccccc1. The Balaban J connectivity index is 1.58. The van der Waals surface area contributed by atoms with Crippen molar-refractivity contribution in [2.24, 2.45) is 0 Å². The van der Waals surface area contributed by atoms with Gasteiger partial charge in [0, 0.05) is 5.69 Å². The topological polar surface area (TPSA) is 37.9 Å². The maximum Gasteiger partial charge on any atom is 0.266 e. The third-order valence-corrected chi connectivity index (χ3v) is 3.41. The van der Waals surface area contributed by atoms with E-state index in [1.54, 1.807) is 12.1 Å². The summed E-state index contributed by atoms with van der Waals surface area (Å²) in [6, 6.07) is 15.7. The number of benzene rings is 2. The van der Waals surface area contributed by atoms with Crippen molar-refractivity contribution in [2.75, 3.05) is 5.32 Å². The number of nitrogens with zero attached hydrogens (tertiary/aromatic N) is 2. The molecule has 0 radical (unpaired) electrons. The lowest BCUT2D eigenvalue weighted by atomic mass is 10.2. The minimum absolute atomic E-state index is 0.0827. The molecule has 0 aliphatic heterocycles. The molecule has 0 aliphatic carbocycles. The van der Waals surface area contributed by atoms with Gasteiger partial charge in [-0.25, -0.2) is 13.5 Å². The van der Waals surface area contributed by atoms with Crippen LogP contribution in [-0.2, 0) is 17.9 Å². The molecule has 1 amide bonds. The Morgan fingerprint density at radius 2 is 1.83 bits per heavy atom. The third-order valence-electron chi connectivity index (χ3n) is 3.41. The molecule has 1 heterocycles. The number of aromatic nitrogens is 2. The maximum absolute atomic E-state index is 12.9. The zero-order valence-corrected chi connectivity index (χ0v) is 12.5. The molecule has 0 aliphatic rings. The number of anilines is 1. The highest BCUT2D eigenvalue weighted by atomic mass is 19.1. The van der Waals surface area contributed by atoms with Crippen molar-refractivity contribution in [1.82, 2.24) is 4.57 Å². The van der Waals surface area contributed by atoms with Crippen LogP contribution >= 0.6 is 0 Å². The highest BCUT2D eigenvalue weighted by molar-refractivity contribution is 5.90. The van der Waals surface area contributed by atoms with Crippen molar-refractivity contribution in [2.45, 2.75) is 13.1 Å². The Morgan fingerprint density at radius 3 is 2.57 bits per heavy atom. The molecular weight excluding hydrogens is 293 g/mol. The molecule has 5 heteroatoms. The van der Waals surface area contributed by atoms with E-state index < -0.39 is 0 Å². The van der Waals surface area contributed by atoms with E-state index in [0.717, 1.165) is 11.3 Å². The largest absolute Gasteiger partial charge is 0.323 e. The molecule has 1 N–H and O–H groups in total. The van der Waals surface area contributed by atoms with Crippen molar-refractivity contribution >= 4 is 11.6 Å². The van der Waals surface area contributed by atoms with E-state index >= 15 is 0 Å². The van der Waals surface area contributed by atoms with Gasteiger partial charge in [0.1, 0.15) is 24.8 Å². The van der Waals surface area contributed by atoms with Crippen LogP contribution in [-0.4, -0.2) is 10.5 Å². The Hall–Kier alpha value is -2.95. The van der Waals surface area contributed by atoms with Crippen LogP contribution in [0.5, 0.6) is 0 Å². The number of nitrogens with one attached hydrogen (secondary N) is 1. The second kappa shape index (κ2) is 6.87. The van der Waals surface area contributed by atoms with Crippen molar-refractivity contribution in [3.05, 3.63) is 84.7 Å². The minimum Gasteiger partial charge on any atom is -0.323 e. The van der Waals surface area contributed by atoms with Crippen LogP contribution in [0.2, 0.25) is 0 Å². The summed E-state index contributed by atoms with van der Waals surface area (Å²) in [5.74, 6) is -0.324. The van der Waals surface area contributed by atoms with Crippen LogP contribution in [0.4, 0.5) is 10.1 Å². The number of para-hydroxylation sites is 1. The molecule has 3 aromatic rings. The number of hydrogen-bond acceptors (Lipinski definition) is 1. The number of hydrogen-bond donors (Lipinski definition) is 1. The summed E-state index contributed by atoms with van der Waals surface area (Å²) in [5, 5.41) is 2.84. The van der Waals surface area contributed by atoms with E-state index in [4.69, 9.17) is 0 Å². The summed E-state index contributed by atoms with van der Waals surface area (Å²) in [6.07, 6.45) is 5.58. The molecule has 0 saturated heterocycles. The van der Waals surface area contributed by atoms with Gasteiger partial charge in [0.2, 0.25) is 6.33 Å². The number of imidazole rings is 1. The number of carbonyl (C=O) groups is 1. The number of amides is 1. The smallest absolute Gasteiger partial charge is 0.266 e. The van der Waals surface area contributed by atoms with E-state index in [9.17, 15) is 9.18 Å². The highest BCUT2D eigenvalue weighted by Crippen LogP contribution is 2.05. The quantitative estimate of drug-likeness (QED) is 0.723. The van der Waals surface area contributed by atoms with Crippen LogP contribution in [0.3, 0.4) is 0 Å². The molecule has 4 nitrogen and oxygen atoms in total. The molecule has 2 aromatic carbocycles. The first-order chi connectivity index (χ1) is 11.2. The lowest BCUT2D eigenvalue weighted by Crippen LogP contribution is -2.32. The summed E-state index contributed by atoms with van der Waals surface area (Å²) < 4.78 is 16.7. The average molecular weight is 310 g/mol. The van der Waals surface area contributed by atoms with E-state index in [2.05, 4.69) is 5.32 Å². The van der Waals surface area contributed by atoms with Gasteiger partial charge in [0.05, 0.1) is 0 Å². The molecule has 0 fully saturated rings. The Kier molecular flexibility index (Phi) is 4.47. The van der Waals surface area contributed by atoms with E-state index in [-0.39, 0.29) is 18.3 Å². The highest BCUT2D eigenvalue weighted by Gasteiger charge is 2.10. The predicted molar refractivity (Wildman–Crippen MR) is 85.2 cm³/mol. The van der Waals surface area contributed by atoms with Crippen LogP contribution in [0, 0.1) is 5.82 Å². The Morgan fingerprint density at radius 1 is 1.09 bits per heavy atom. The second-order valence-electron chi connectivity index (χ2n) is 5.30. The standard InChI is InChI=1S/C18H16FN3O/c19-16-8-6-15(7-9-16)12-21-10-11-22(14-21)13-18(23)20-17-4-2-1-3-5-17/h1-11,14H,12-13H2/p+1. The van der Waals surface area contributed by atoms with Gasteiger partial charge in [-0.3, -0.25) is 4.79 Å². The number of rotatable bonds is 5. The van der Waals surface area contributed by atoms with Gasteiger partial charge in [0.15, 0.2) is 6.54 Å². The Labute approximate surface area is 133 Å². The summed E-state index contributed by atoms with van der Waals surface area (Å²) in [4.78, 5) is 12.0. The first-order valence-electron chi connectivity index (χ1n) is 7.33. The normalized spacial score (nSPS) is 10.5. The monoisotopic (exact) mass is 310 g/mol. The summed E-state index contributed by atoms with van der Waals surface area (Å²) in [6.45, 7) is 0.874. The van der Waals surface area contributed by atoms with E-state index in [1.165, 1.54) is 12.1 Å². The lowest BCUT2D eigenvalue weighted by Gasteiger charge is -2.02. The van der Waals surface area contributed by atoms with Gasteiger partial charge in [0.25, 0.3) is 5.91 Å². The van der Waals surface area contributed by atoms with Crippen LogP contribution < -0.4 is 9.88 Å². The third kappa shape index (κ3) is 4.26. The molecule has 1 aromatic heterocycles. The average Bonchev–Trinajstić information content (AvgIpc) is 2.97. The predicted octanol–water partition coefficient (Wildman–Crippen LogP) is 2.60. The molecular formula is C18H17FN3O+. The zero-order chi connectivity index (χ0) is 16.1. The van der Waals surface area contributed by atoms with Crippen LogP contribution in [0.25, 0.3) is 0 Å². The first-order valence-corrected chi connectivity index (χ1v) is 7.33. The molecule has 0 bridgehead atoms. The maximum atomic E-state index is 12.9. The minimum atomic E-state index is -0.242. The first kappa shape index (κ1) is 15.0.